The number of carbonyl (C=O) groups is 1. The van der Waals surface area contributed by atoms with Gasteiger partial charge in [-0.3, -0.25) is 19.0 Å². The van der Waals surface area contributed by atoms with Crippen LogP contribution in [0.5, 0.6) is 11.5 Å². The van der Waals surface area contributed by atoms with Gasteiger partial charge >= 0.3 is 0 Å². The van der Waals surface area contributed by atoms with E-state index in [9.17, 15) is 9.59 Å². The summed E-state index contributed by atoms with van der Waals surface area (Å²) < 4.78 is 12.6. The highest BCUT2D eigenvalue weighted by Crippen LogP contribution is 2.41. The number of methoxy groups -OCH3 is 2. The molecule has 2 aromatic heterocycles. The Hall–Kier alpha value is -3.81. The van der Waals surface area contributed by atoms with Gasteiger partial charge in [0.15, 0.2) is 0 Å². The van der Waals surface area contributed by atoms with Gasteiger partial charge in [0.05, 0.1) is 30.8 Å². The maximum absolute atomic E-state index is 13.1. The molecule has 2 aromatic carbocycles. The molecule has 2 N–H and O–H groups in total. The maximum atomic E-state index is 13.1. The summed E-state index contributed by atoms with van der Waals surface area (Å²) in [5, 5.41) is 2.88. The van der Waals surface area contributed by atoms with Crippen LogP contribution in [0, 0.1) is 0 Å². The first kappa shape index (κ1) is 17.3. The Bertz CT molecular complexity index is 1340. The average molecular weight is 390 g/mol. The molecule has 8 heteroatoms. The van der Waals surface area contributed by atoms with Crippen LogP contribution in [0.25, 0.3) is 16.8 Å². The molecule has 1 aliphatic heterocycles. The van der Waals surface area contributed by atoms with Crippen LogP contribution in [-0.2, 0) is 4.79 Å². The van der Waals surface area contributed by atoms with Crippen molar-refractivity contribution in [2.24, 2.45) is 0 Å². The number of hydrogen-bond acceptors (Lipinski definition) is 5. The topological polar surface area (TPSA) is 97.7 Å². The van der Waals surface area contributed by atoms with Crippen molar-refractivity contribution in [3.8, 4) is 11.5 Å². The molecule has 8 nitrogen and oxygen atoms in total. The van der Waals surface area contributed by atoms with Gasteiger partial charge in [0.25, 0.3) is 5.56 Å². The first-order valence-corrected chi connectivity index (χ1v) is 9.16. The average Bonchev–Trinajstić information content (AvgIpc) is 3.10. The number of aromatic amines is 1. The minimum absolute atomic E-state index is 0.123. The third-order valence-electron chi connectivity index (χ3n) is 5.32. The summed E-state index contributed by atoms with van der Waals surface area (Å²) >= 11 is 0. The number of nitrogens with zero attached hydrogens (tertiary/aromatic N) is 2. The SMILES string of the molecule is COc1ccc(OC)c([C@@H]2CC(=O)Nc3c2c(=O)[nH]c2nc4ccccc4n32)c1. The molecule has 1 amide bonds. The normalized spacial score (nSPS) is 15.9. The molecule has 0 saturated heterocycles. The Morgan fingerprint density at radius 3 is 2.72 bits per heavy atom. The number of nitrogens with one attached hydrogen (secondary N) is 2. The van der Waals surface area contributed by atoms with Gasteiger partial charge in [-0.1, -0.05) is 12.1 Å². The minimum Gasteiger partial charge on any atom is -0.497 e. The predicted octanol–water partition coefficient (Wildman–Crippen LogP) is 2.67. The van der Waals surface area contributed by atoms with E-state index in [2.05, 4.69) is 15.3 Å². The lowest BCUT2D eigenvalue weighted by Crippen LogP contribution is -2.32. The van der Waals surface area contributed by atoms with Crippen LogP contribution in [0.4, 0.5) is 5.82 Å². The van der Waals surface area contributed by atoms with Crippen molar-refractivity contribution in [1.82, 2.24) is 14.4 Å². The van der Waals surface area contributed by atoms with E-state index < -0.39 is 5.92 Å². The van der Waals surface area contributed by atoms with E-state index >= 15 is 0 Å². The Kier molecular flexibility index (Phi) is 3.80. The number of benzene rings is 2. The third kappa shape index (κ3) is 2.56. The number of fused-ring (bicyclic) bond motifs is 5. The monoisotopic (exact) mass is 390 g/mol. The first-order chi connectivity index (χ1) is 14.1. The molecule has 5 rings (SSSR count). The molecule has 146 valence electrons. The van der Waals surface area contributed by atoms with Gasteiger partial charge in [-0.25, -0.2) is 4.98 Å². The third-order valence-corrected chi connectivity index (χ3v) is 5.32. The number of amides is 1. The van der Waals surface area contributed by atoms with Gasteiger partial charge in [-0.2, -0.15) is 0 Å². The molecule has 0 unspecified atom stereocenters. The van der Waals surface area contributed by atoms with E-state index in [0.29, 0.717) is 28.7 Å². The second kappa shape index (κ2) is 6.37. The van der Waals surface area contributed by atoms with Crippen LogP contribution in [0.2, 0.25) is 0 Å². The van der Waals surface area contributed by atoms with Crippen LogP contribution in [0.1, 0.15) is 23.5 Å². The Labute approximate surface area is 165 Å². The number of rotatable bonds is 3. The van der Waals surface area contributed by atoms with Gasteiger partial charge in [-0.15, -0.1) is 0 Å². The van der Waals surface area contributed by atoms with Gasteiger partial charge in [0.2, 0.25) is 11.7 Å². The second-order valence-electron chi connectivity index (χ2n) is 6.89. The lowest BCUT2D eigenvalue weighted by molar-refractivity contribution is -0.116. The molecule has 0 fully saturated rings. The Morgan fingerprint density at radius 2 is 1.93 bits per heavy atom. The van der Waals surface area contributed by atoms with Gasteiger partial charge < -0.3 is 14.8 Å². The summed E-state index contributed by atoms with van der Waals surface area (Å²) in [5.74, 6) is 1.36. The van der Waals surface area contributed by atoms with Crippen molar-refractivity contribution in [2.45, 2.75) is 12.3 Å². The zero-order valence-corrected chi connectivity index (χ0v) is 15.9. The van der Waals surface area contributed by atoms with Crippen molar-refractivity contribution in [3.63, 3.8) is 0 Å². The van der Waals surface area contributed by atoms with E-state index in [1.165, 1.54) is 0 Å². The van der Waals surface area contributed by atoms with Crippen LogP contribution in [0.3, 0.4) is 0 Å². The molecule has 0 aliphatic carbocycles. The van der Waals surface area contributed by atoms with Gasteiger partial charge in [-0.05, 0) is 30.3 Å². The van der Waals surface area contributed by atoms with Crippen LogP contribution in [0.15, 0.2) is 47.3 Å². The lowest BCUT2D eigenvalue weighted by atomic mass is 9.86. The summed E-state index contributed by atoms with van der Waals surface area (Å²) in [5.41, 5.74) is 2.42. The quantitative estimate of drug-likeness (QED) is 0.561. The van der Waals surface area contributed by atoms with Gasteiger partial charge in [0, 0.05) is 17.9 Å². The highest BCUT2D eigenvalue weighted by molar-refractivity contribution is 5.96. The molecule has 29 heavy (non-hydrogen) atoms. The van der Waals surface area contributed by atoms with Crippen molar-refractivity contribution >= 4 is 28.5 Å². The molecule has 3 heterocycles. The summed E-state index contributed by atoms with van der Waals surface area (Å²) in [6, 6.07) is 12.9. The standard InChI is InChI=1S/C21H18N4O4/c1-28-11-7-8-16(29-2)12(9-11)13-10-17(26)23-19-18(13)20(27)24-21-22-14-5-3-4-6-15(14)25(19)21/h3-9,13H,10H2,1-2H3,(H,23,26)(H,22,24,27)/t13-/m0/s1. The predicted molar refractivity (Wildman–Crippen MR) is 108 cm³/mol. The fourth-order valence-corrected chi connectivity index (χ4v) is 4.03. The number of imidazole rings is 1. The minimum atomic E-state index is -0.488. The van der Waals surface area contributed by atoms with Crippen LogP contribution >= 0.6 is 0 Å². The number of aromatic nitrogens is 3. The summed E-state index contributed by atoms with van der Waals surface area (Å²) in [6.07, 6.45) is 0.123. The number of para-hydroxylation sites is 2. The largest absolute Gasteiger partial charge is 0.497 e. The fraction of sp³-hybridized carbons (Fsp3) is 0.190. The Morgan fingerprint density at radius 1 is 1.10 bits per heavy atom. The van der Waals surface area contributed by atoms with Crippen molar-refractivity contribution in [3.05, 3.63) is 63.9 Å². The number of hydrogen-bond donors (Lipinski definition) is 2. The van der Waals surface area contributed by atoms with E-state index in [1.807, 2.05) is 30.3 Å². The molecule has 0 bridgehead atoms. The van der Waals surface area contributed by atoms with E-state index in [-0.39, 0.29) is 17.9 Å². The maximum Gasteiger partial charge on any atom is 0.258 e. The Balaban J connectivity index is 1.85. The van der Waals surface area contributed by atoms with Crippen molar-refractivity contribution < 1.29 is 14.3 Å². The number of H-pyrrole nitrogens is 1. The summed E-state index contributed by atoms with van der Waals surface area (Å²) in [4.78, 5) is 33.1. The molecule has 1 aliphatic rings. The zero-order chi connectivity index (χ0) is 20.1. The zero-order valence-electron chi connectivity index (χ0n) is 15.9. The first-order valence-electron chi connectivity index (χ1n) is 9.16. The molecule has 0 radical (unpaired) electrons. The van der Waals surface area contributed by atoms with Gasteiger partial charge in [0.1, 0.15) is 17.3 Å². The fourth-order valence-electron chi connectivity index (χ4n) is 4.03. The highest BCUT2D eigenvalue weighted by atomic mass is 16.5. The number of ether oxygens (including phenoxy) is 2. The molecule has 1 atom stereocenters. The van der Waals surface area contributed by atoms with E-state index in [0.717, 1.165) is 16.6 Å². The van der Waals surface area contributed by atoms with Crippen molar-refractivity contribution in [1.29, 1.82) is 0 Å². The summed E-state index contributed by atoms with van der Waals surface area (Å²) in [6.45, 7) is 0. The van der Waals surface area contributed by atoms with Crippen LogP contribution < -0.4 is 20.3 Å². The molecular formula is C21H18N4O4. The molecule has 0 spiro atoms. The van der Waals surface area contributed by atoms with E-state index in [1.54, 1.807) is 30.8 Å². The smallest absolute Gasteiger partial charge is 0.258 e. The highest BCUT2D eigenvalue weighted by Gasteiger charge is 2.34. The van der Waals surface area contributed by atoms with Crippen LogP contribution in [-0.4, -0.2) is 34.5 Å². The lowest BCUT2D eigenvalue weighted by Gasteiger charge is -2.27. The molecular weight excluding hydrogens is 372 g/mol. The second-order valence-corrected chi connectivity index (χ2v) is 6.89. The summed E-state index contributed by atoms with van der Waals surface area (Å²) in [7, 11) is 3.13. The van der Waals surface area contributed by atoms with Crippen molar-refractivity contribution in [2.75, 3.05) is 19.5 Å². The molecule has 4 aromatic rings. The number of anilines is 1. The van der Waals surface area contributed by atoms with E-state index in [4.69, 9.17) is 9.47 Å². The number of carbonyl (C=O) groups excluding carboxylic acids is 1. The molecule has 0 saturated carbocycles.